The molecule has 2 saturated carbocycles. The van der Waals surface area contributed by atoms with Gasteiger partial charge in [0.1, 0.15) is 0 Å². The minimum atomic E-state index is -0.364. The van der Waals surface area contributed by atoms with Gasteiger partial charge >= 0.3 is 0 Å². The van der Waals surface area contributed by atoms with Gasteiger partial charge in [0.25, 0.3) is 0 Å². The highest BCUT2D eigenvalue weighted by atomic mass is 16.3. The van der Waals surface area contributed by atoms with Gasteiger partial charge in [0.2, 0.25) is 0 Å². The quantitative estimate of drug-likeness (QED) is 0.777. The molecule has 0 unspecified atom stereocenters. The first kappa shape index (κ1) is 11.0. The molecule has 0 spiro atoms. The van der Waals surface area contributed by atoms with Gasteiger partial charge in [0.05, 0.1) is 5.60 Å². The SMILES string of the molecule is C[C@H](N1CC[C@@H]2CCC[C@@H]21)C1(O)CCCC1. The molecule has 0 amide bonds. The lowest BCUT2D eigenvalue weighted by Gasteiger charge is -2.39. The Balaban J connectivity index is 1.72. The van der Waals surface area contributed by atoms with Gasteiger partial charge in [-0.15, -0.1) is 0 Å². The Kier molecular flexibility index (Phi) is 2.75. The maximum Gasteiger partial charge on any atom is 0.0799 e. The molecule has 1 N–H and O–H groups in total. The van der Waals surface area contributed by atoms with Crippen molar-refractivity contribution in [2.24, 2.45) is 5.92 Å². The molecule has 3 atom stereocenters. The molecular weight excluding hydrogens is 198 g/mol. The Morgan fingerprint density at radius 2 is 1.88 bits per heavy atom. The smallest absolute Gasteiger partial charge is 0.0799 e. The zero-order chi connectivity index (χ0) is 11.2. The maximum atomic E-state index is 10.7. The number of nitrogens with zero attached hydrogens (tertiary/aromatic N) is 1. The van der Waals surface area contributed by atoms with Crippen LogP contribution in [0.4, 0.5) is 0 Å². The van der Waals surface area contributed by atoms with E-state index in [2.05, 4.69) is 11.8 Å². The van der Waals surface area contributed by atoms with Crippen molar-refractivity contribution in [1.82, 2.24) is 4.90 Å². The number of fused-ring (bicyclic) bond motifs is 1. The van der Waals surface area contributed by atoms with Crippen LogP contribution in [0, 0.1) is 5.92 Å². The van der Waals surface area contributed by atoms with Gasteiger partial charge in [0.15, 0.2) is 0 Å². The fourth-order valence-electron chi connectivity index (χ4n) is 4.47. The minimum Gasteiger partial charge on any atom is -0.388 e. The van der Waals surface area contributed by atoms with Crippen LogP contribution in [0.15, 0.2) is 0 Å². The molecule has 0 aromatic heterocycles. The lowest BCUT2D eigenvalue weighted by atomic mass is 9.91. The highest BCUT2D eigenvalue weighted by molar-refractivity contribution is 5.01. The predicted octanol–water partition coefficient (Wildman–Crippen LogP) is 2.55. The van der Waals surface area contributed by atoms with Gasteiger partial charge in [0, 0.05) is 12.1 Å². The second-order valence-corrected chi connectivity index (χ2v) is 6.27. The standard InChI is InChI=1S/C14H25NO/c1-11(14(16)8-2-3-9-14)15-10-7-12-5-4-6-13(12)15/h11-13,16H,2-10H2,1H3/t11-,12-,13-/m0/s1. The van der Waals surface area contributed by atoms with Crippen molar-refractivity contribution in [2.45, 2.75) is 76.0 Å². The Bertz CT molecular complexity index is 259. The first-order valence-electron chi connectivity index (χ1n) is 7.19. The predicted molar refractivity (Wildman–Crippen MR) is 65.3 cm³/mol. The third-order valence-corrected chi connectivity index (χ3v) is 5.55. The number of aliphatic hydroxyl groups is 1. The van der Waals surface area contributed by atoms with Crippen LogP contribution in [-0.4, -0.2) is 34.2 Å². The summed E-state index contributed by atoms with van der Waals surface area (Å²) in [7, 11) is 0. The van der Waals surface area contributed by atoms with Crippen LogP contribution in [0.5, 0.6) is 0 Å². The van der Waals surface area contributed by atoms with Crippen molar-refractivity contribution in [2.75, 3.05) is 6.54 Å². The molecule has 0 aromatic carbocycles. The van der Waals surface area contributed by atoms with E-state index in [1.54, 1.807) is 0 Å². The molecule has 0 bridgehead atoms. The maximum absolute atomic E-state index is 10.7. The van der Waals surface area contributed by atoms with Crippen molar-refractivity contribution < 1.29 is 5.11 Å². The fraction of sp³-hybridized carbons (Fsp3) is 1.00. The second-order valence-electron chi connectivity index (χ2n) is 6.27. The Morgan fingerprint density at radius 1 is 1.12 bits per heavy atom. The van der Waals surface area contributed by atoms with Crippen LogP contribution in [0.3, 0.4) is 0 Å². The van der Waals surface area contributed by atoms with E-state index in [0.29, 0.717) is 6.04 Å². The van der Waals surface area contributed by atoms with E-state index in [1.807, 2.05) is 0 Å². The van der Waals surface area contributed by atoms with E-state index in [1.165, 1.54) is 45.1 Å². The number of likely N-dealkylation sites (tertiary alicyclic amines) is 1. The first-order valence-corrected chi connectivity index (χ1v) is 7.19. The summed E-state index contributed by atoms with van der Waals surface area (Å²) < 4.78 is 0. The molecule has 1 aliphatic heterocycles. The van der Waals surface area contributed by atoms with Crippen molar-refractivity contribution in [3.05, 3.63) is 0 Å². The summed E-state index contributed by atoms with van der Waals surface area (Å²) in [4.78, 5) is 2.64. The molecule has 0 radical (unpaired) electrons. The van der Waals surface area contributed by atoms with E-state index in [9.17, 15) is 5.11 Å². The van der Waals surface area contributed by atoms with Gasteiger partial charge in [-0.3, -0.25) is 4.90 Å². The summed E-state index contributed by atoms with van der Waals surface area (Å²) in [6, 6.07) is 1.20. The summed E-state index contributed by atoms with van der Waals surface area (Å²) in [5, 5.41) is 10.7. The van der Waals surface area contributed by atoms with Gasteiger partial charge in [-0.05, 0) is 51.5 Å². The second kappa shape index (κ2) is 3.99. The van der Waals surface area contributed by atoms with E-state index in [-0.39, 0.29) is 5.60 Å². The van der Waals surface area contributed by atoms with Gasteiger partial charge < -0.3 is 5.11 Å². The van der Waals surface area contributed by atoms with Crippen LogP contribution in [0.2, 0.25) is 0 Å². The Labute approximate surface area is 99.0 Å². The summed E-state index contributed by atoms with van der Waals surface area (Å²) >= 11 is 0. The molecule has 2 heteroatoms. The lowest BCUT2D eigenvalue weighted by Crippen LogP contribution is -2.51. The Morgan fingerprint density at radius 3 is 2.62 bits per heavy atom. The summed E-state index contributed by atoms with van der Waals surface area (Å²) in [5.74, 6) is 0.951. The van der Waals surface area contributed by atoms with E-state index < -0.39 is 0 Å². The summed E-state index contributed by atoms with van der Waals surface area (Å²) in [5.41, 5.74) is -0.364. The number of rotatable bonds is 2. The van der Waals surface area contributed by atoms with Crippen LogP contribution in [-0.2, 0) is 0 Å². The average Bonchev–Trinajstić information content (AvgIpc) is 2.91. The highest BCUT2D eigenvalue weighted by Crippen LogP contribution is 2.43. The summed E-state index contributed by atoms with van der Waals surface area (Å²) in [6.07, 6.45) is 10.1. The first-order chi connectivity index (χ1) is 7.71. The molecule has 1 heterocycles. The van der Waals surface area contributed by atoms with Crippen molar-refractivity contribution in [3.63, 3.8) is 0 Å². The summed E-state index contributed by atoms with van der Waals surface area (Å²) in [6.45, 7) is 3.50. The van der Waals surface area contributed by atoms with Crippen molar-refractivity contribution >= 4 is 0 Å². The largest absolute Gasteiger partial charge is 0.388 e. The van der Waals surface area contributed by atoms with Crippen LogP contribution < -0.4 is 0 Å². The van der Waals surface area contributed by atoms with Crippen LogP contribution >= 0.6 is 0 Å². The normalized spacial score (nSPS) is 40.1. The molecular formula is C14H25NO. The zero-order valence-corrected chi connectivity index (χ0v) is 10.5. The molecule has 3 aliphatic rings. The number of hydrogen-bond acceptors (Lipinski definition) is 2. The van der Waals surface area contributed by atoms with E-state index in [0.717, 1.165) is 24.8 Å². The molecule has 3 fully saturated rings. The molecule has 16 heavy (non-hydrogen) atoms. The lowest BCUT2D eigenvalue weighted by molar-refractivity contribution is -0.0409. The molecule has 2 nitrogen and oxygen atoms in total. The van der Waals surface area contributed by atoms with Crippen LogP contribution in [0.25, 0.3) is 0 Å². The Hall–Kier alpha value is -0.0800. The van der Waals surface area contributed by atoms with Crippen molar-refractivity contribution in [3.8, 4) is 0 Å². The zero-order valence-electron chi connectivity index (χ0n) is 10.5. The molecule has 0 aromatic rings. The van der Waals surface area contributed by atoms with Gasteiger partial charge in [-0.25, -0.2) is 0 Å². The third-order valence-electron chi connectivity index (χ3n) is 5.55. The van der Waals surface area contributed by atoms with Crippen molar-refractivity contribution in [1.29, 1.82) is 0 Å². The molecule has 3 rings (SSSR count). The fourth-order valence-corrected chi connectivity index (χ4v) is 4.47. The minimum absolute atomic E-state index is 0.364. The van der Waals surface area contributed by atoms with Gasteiger partial charge in [-0.1, -0.05) is 19.3 Å². The molecule has 92 valence electrons. The number of hydrogen-bond donors (Lipinski definition) is 1. The van der Waals surface area contributed by atoms with E-state index >= 15 is 0 Å². The monoisotopic (exact) mass is 223 g/mol. The van der Waals surface area contributed by atoms with Gasteiger partial charge in [-0.2, -0.15) is 0 Å². The third kappa shape index (κ3) is 1.62. The topological polar surface area (TPSA) is 23.5 Å². The molecule has 1 saturated heterocycles. The van der Waals surface area contributed by atoms with Crippen LogP contribution in [0.1, 0.15) is 58.3 Å². The van der Waals surface area contributed by atoms with E-state index in [4.69, 9.17) is 0 Å². The average molecular weight is 223 g/mol. The molecule has 2 aliphatic carbocycles. The highest BCUT2D eigenvalue weighted by Gasteiger charge is 2.46.